The zero-order valence-corrected chi connectivity index (χ0v) is 14.7. The van der Waals surface area contributed by atoms with Crippen LogP contribution < -0.4 is 4.90 Å². The Morgan fingerprint density at radius 2 is 2.28 bits per heavy atom. The SMILES string of the molecule is C[C@H]1CCN1c1nc(-c2ccnc(CCC(=O)O)c2)c2ccsc2n1. The second-order valence-corrected chi connectivity index (χ2v) is 7.17. The zero-order valence-electron chi connectivity index (χ0n) is 13.8. The lowest BCUT2D eigenvalue weighted by Gasteiger charge is -2.38. The minimum Gasteiger partial charge on any atom is -0.481 e. The van der Waals surface area contributed by atoms with Crippen molar-refractivity contribution in [2.24, 2.45) is 0 Å². The highest BCUT2D eigenvalue weighted by Gasteiger charge is 2.27. The number of pyridine rings is 1. The Labute approximate surface area is 149 Å². The third kappa shape index (κ3) is 3.07. The Morgan fingerprint density at radius 3 is 3.00 bits per heavy atom. The molecule has 0 saturated carbocycles. The quantitative estimate of drug-likeness (QED) is 0.757. The number of aromatic nitrogens is 3. The van der Waals surface area contributed by atoms with E-state index < -0.39 is 5.97 Å². The van der Waals surface area contributed by atoms with Gasteiger partial charge in [0.25, 0.3) is 0 Å². The number of carbonyl (C=O) groups is 1. The minimum atomic E-state index is -0.816. The van der Waals surface area contributed by atoms with Gasteiger partial charge in [0.15, 0.2) is 0 Å². The number of carboxylic acids is 1. The summed E-state index contributed by atoms with van der Waals surface area (Å²) in [7, 11) is 0. The molecule has 1 N–H and O–H groups in total. The molecule has 3 aromatic rings. The van der Waals surface area contributed by atoms with Gasteiger partial charge in [-0.25, -0.2) is 9.97 Å². The van der Waals surface area contributed by atoms with E-state index in [-0.39, 0.29) is 6.42 Å². The highest BCUT2D eigenvalue weighted by atomic mass is 32.1. The summed E-state index contributed by atoms with van der Waals surface area (Å²) in [5.41, 5.74) is 2.61. The predicted octanol–water partition coefficient (Wildman–Crippen LogP) is 3.37. The van der Waals surface area contributed by atoms with Crippen LogP contribution >= 0.6 is 11.3 Å². The molecule has 0 aromatic carbocycles. The first-order valence-electron chi connectivity index (χ1n) is 8.31. The normalized spacial score (nSPS) is 16.8. The summed E-state index contributed by atoms with van der Waals surface area (Å²) in [5, 5.41) is 11.9. The summed E-state index contributed by atoms with van der Waals surface area (Å²) in [6.07, 6.45) is 3.37. The summed E-state index contributed by atoms with van der Waals surface area (Å²) in [6.45, 7) is 3.17. The Morgan fingerprint density at radius 1 is 1.40 bits per heavy atom. The molecule has 1 aliphatic rings. The number of thiophene rings is 1. The molecular formula is C18H18N4O2S. The van der Waals surface area contributed by atoms with E-state index in [2.05, 4.69) is 16.8 Å². The van der Waals surface area contributed by atoms with Crippen molar-refractivity contribution in [2.45, 2.75) is 32.2 Å². The first kappa shape index (κ1) is 16.0. The lowest BCUT2D eigenvalue weighted by Crippen LogP contribution is -2.46. The highest BCUT2D eigenvalue weighted by molar-refractivity contribution is 7.16. The number of fused-ring (bicyclic) bond motifs is 1. The van der Waals surface area contributed by atoms with Crippen molar-refractivity contribution in [3.63, 3.8) is 0 Å². The maximum absolute atomic E-state index is 10.8. The summed E-state index contributed by atoms with van der Waals surface area (Å²) in [5.74, 6) is -0.0453. The van der Waals surface area contributed by atoms with Crippen molar-refractivity contribution >= 4 is 33.5 Å². The van der Waals surface area contributed by atoms with Crippen molar-refractivity contribution in [2.75, 3.05) is 11.4 Å². The Kier molecular flexibility index (Phi) is 4.09. The smallest absolute Gasteiger partial charge is 0.303 e. The average molecular weight is 354 g/mol. The van der Waals surface area contributed by atoms with Crippen molar-refractivity contribution < 1.29 is 9.90 Å². The van der Waals surface area contributed by atoms with E-state index in [0.717, 1.165) is 46.1 Å². The molecule has 0 aliphatic carbocycles. The minimum absolute atomic E-state index is 0.0740. The van der Waals surface area contributed by atoms with E-state index in [1.807, 2.05) is 23.6 Å². The van der Waals surface area contributed by atoms with E-state index in [0.29, 0.717) is 12.5 Å². The van der Waals surface area contributed by atoms with Crippen LogP contribution in [0.4, 0.5) is 5.95 Å². The molecule has 7 heteroatoms. The number of anilines is 1. The predicted molar refractivity (Wildman–Crippen MR) is 98.0 cm³/mol. The number of hydrogen-bond donors (Lipinski definition) is 1. The fourth-order valence-corrected chi connectivity index (χ4v) is 3.76. The third-order valence-electron chi connectivity index (χ3n) is 4.57. The molecule has 0 unspecified atom stereocenters. The maximum Gasteiger partial charge on any atom is 0.303 e. The summed E-state index contributed by atoms with van der Waals surface area (Å²) < 4.78 is 0. The molecule has 1 aliphatic heterocycles. The van der Waals surface area contributed by atoms with Crippen LogP contribution in [-0.2, 0) is 11.2 Å². The van der Waals surface area contributed by atoms with E-state index in [4.69, 9.17) is 15.1 Å². The van der Waals surface area contributed by atoms with Gasteiger partial charge in [0.05, 0.1) is 12.1 Å². The van der Waals surface area contributed by atoms with Crippen LogP contribution in [0.1, 0.15) is 25.5 Å². The maximum atomic E-state index is 10.8. The van der Waals surface area contributed by atoms with Crippen LogP contribution in [0.15, 0.2) is 29.8 Å². The zero-order chi connectivity index (χ0) is 17.4. The first-order chi connectivity index (χ1) is 12.1. The summed E-state index contributed by atoms with van der Waals surface area (Å²) in [6, 6.07) is 6.36. The van der Waals surface area contributed by atoms with Gasteiger partial charge in [0.2, 0.25) is 5.95 Å². The van der Waals surface area contributed by atoms with Crippen LogP contribution in [0.2, 0.25) is 0 Å². The number of aliphatic carboxylic acids is 1. The van der Waals surface area contributed by atoms with Crippen LogP contribution in [0.3, 0.4) is 0 Å². The lowest BCUT2D eigenvalue weighted by molar-refractivity contribution is -0.136. The van der Waals surface area contributed by atoms with Crippen LogP contribution in [-0.4, -0.2) is 38.6 Å². The van der Waals surface area contributed by atoms with Crippen LogP contribution in [0.25, 0.3) is 21.5 Å². The average Bonchev–Trinajstić information content (AvgIpc) is 3.06. The molecule has 0 amide bonds. The van der Waals surface area contributed by atoms with E-state index in [1.54, 1.807) is 17.5 Å². The number of hydrogen-bond acceptors (Lipinski definition) is 6. The van der Waals surface area contributed by atoms with Crippen molar-refractivity contribution in [1.82, 2.24) is 15.0 Å². The molecule has 0 radical (unpaired) electrons. The molecule has 3 aromatic heterocycles. The standard InChI is InChI=1S/C18H18N4O2S/c1-11-5-8-22(11)18-20-16(14-6-9-25-17(14)21-18)12-4-7-19-13(10-12)2-3-15(23)24/h4,6-7,9-11H,2-3,5,8H2,1H3,(H,23,24)/t11-/m0/s1. The molecule has 1 saturated heterocycles. The van der Waals surface area contributed by atoms with Gasteiger partial charge < -0.3 is 10.0 Å². The largest absolute Gasteiger partial charge is 0.481 e. The fraction of sp³-hybridized carbons (Fsp3) is 0.333. The lowest BCUT2D eigenvalue weighted by atomic mass is 10.1. The van der Waals surface area contributed by atoms with Crippen molar-refractivity contribution in [3.05, 3.63) is 35.5 Å². The van der Waals surface area contributed by atoms with Gasteiger partial charge in [0, 0.05) is 41.8 Å². The molecular weight excluding hydrogens is 336 g/mol. The first-order valence-corrected chi connectivity index (χ1v) is 9.19. The Hall–Kier alpha value is -2.54. The molecule has 0 spiro atoms. The van der Waals surface area contributed by atoms with Gasteiger partial charge in [-0.05, 0) is 36.9 Å². The molecule has 6 nitrogen and oxygen atoms in total. The van der Waals surface area contributed by atoms with E-state index >= 15 is 0 Å². The van der Waals surface area contributed by atoms with Gasteiger partial charge in [-0.2, -0.15) is 0 Å². The molecule has 4 rings (SSSR count). The van der Waals surface area contributed by atoms with Gasteiger partial charge in [-0.1, -0.05) is 0 Å². The van der Waals surface area contributed by atoms with E-state index in [1.165, 1.54) is 0 Å². The molecule has 25 heavy (non-hydrogen) atoms. The van der Waals surface area contributed by atoms with Crippen molar-refractivity contribution in [3.8, 4) is 11.3 Å². The molecule has 4 heterocycles. The van der Waals surface area contributed by atoms with Gasteiger partial charge >= 0.3 is 5.97 Å². The summed E-state index contributed by atoms with van der Waals surface area (Å²) >= 11 is 1.61. The third-order valence-corrected chi connectivity index (χ3v) is 5.38. The second-order valence-electron chi connectivity index (χ2n) is 6.27. The van der Waals surface area contributed by atoms with Gasteiger partial charge in [-0.15, -0.1) is 11.3 Å². The van der Waals surface area contributed by atoms with Crippen LogP contribution in [0, 0.1) is 0 Å². The number of aryl methyl sites for hydroxylation is 1. The molecule has 128 valence electrons. The highest BCUT2D eigenvalue weighted by Crippen LogP contribution is 2.33. The fourth-order valence-electron chi connectivity index (χ4n) is 3.00. The second kappa shape index (κ2) is 6.40. The monoisotopic (exact) mass is 354 g/mol. The number of carboxylic acid groups (broad SMARTS) is 1. The molecule has 0 bridgehead atoms. The Balaban J connectivity index is 1.76. The molecule has 1 fully saturated rings. The molecule has 1 atom stereocenters. The van der Waals surface area contributed by atoms with Crippen molar-refractivity contribution in [1.29, 1.82) is 0 Å². The topological polar surface area (TPSA) is 79.2 Å². The number of nitrogens with zero attached hydrogens (tertiary/aromatic N) is 4. The summed E-state index contributed by atoms with van der Waals surface area (Å²) in [4.78, 5) is 27.8. The number of rotatable bonds is 5. The van der Waals surface area contributed by atoms with Gasteiger partial charge in [0.1, 0.15) is 4.83 Å². The Bertz CT molecular complexity index is 940. The van der Waals surface area contributed by atoms with Gasteiger partial charge in [-0.3, -0.25) is 9.78 Å². The van der Waals surface area contributed by atoms with E-state index in [9.17, 15) is 4.79 Å². The van der Waals surface area contributed by atoms with Crippen LogP contribution in [0.5, 0.6) is 0 Å².